The highest BCUT2D eigenvalue weighted by Crippen LogP contribution is 2.35. The molecule has 6 heteroatoms. The fraction of sp³-hybridized carbons (Fsp3) is 0.174. The van der Waals surface area contributed by atoms with E-state index in [1.54, 1.807) is 31.4 Å². The van der Waals surface area contributed by atoms with Gasteiger partial charge < -0.3 is 24.7 Å². The molecule has 0 aliphatic heterocycles. The first-order valence-corrected chi connectivity index (χ1v) is 10.0. The number of quaternary nitrogens is 1. The average molecular weight is 456 g/mol. The smallest absolute Gasteiger partial charge is 0.170 e. The maximum Gasteiger partial charge on any atom is 0.170 e. The van der Waals surface area contributed by atoms with Crippen LogP contribution >= 0.6 is 15.9 Å². The first-order valence-electron chi connectivity index (χ1n) is 9.22. The molecule has 0 aromatic heterocycles. The number of benzene rings is 3. The van der Waals surface area contributed by atoms with Crippen molar-refractivity contribution in [1.29, 1.82) is 0 Å². The number of methoxy groups -OCH3 is 1. The van der Waals surface area contributed by atoms with Crippen molar-refractivity contribution in [3.05, 3.63) is 93.5 Å². The first-order chi connectivity index (χ1) is 14.1. The number of carbonyl (C=O) groups is 1. The van der Waals surface area contributed by atoms with E-state index < -0.39 is 5.97 Å². The molecule has 0 radical (unpaired) electrons. The Morgan fingerprint density at radius 3 is 2.38 bits per heavy atom. The van der Waals surface area contributed by atoms with Crippen LogP contribution < -0.4 is 19.9 Å². The molecule has 0 heterocycles. The van der Waals surface area contributed by atoms with E-state index in [-0.39, 0.29) is 5.56 Å². The number of carboxylic acids is 1. The third-order valence-electron chi connectivity index (χ3n) is 4.48. The molecule has 0 spiro atoms. The summed E-state index contributed by atoms with van der Waals surface area (Å²) in [4.78, 5) is 10.9. The predicted molar refractivity (Wildman–Crippen MR) is 112 cm³/mol. The number of carbonyl (C=O) groups excluding carboxylic acids is 1. The van der Waals surface area contributed by atoms with Crippen LogP contribution in [0.4, 0.5) is 0 Å². The van der Waals surface area contributed by atoms with Crippen LogP contribution in [0.2, 0.25) is 0 Å². The zero-order valence-corrected chi connectivity index (χ0v) is 17.6. The van der Waals surface area contributed by atoms with Gasteiger partial charge in [-0.2, -0.15) is 0 Å². The molecule has 0 atom stereocenters. The number of nitrogens with two attached hydrogens (primary N) is 1. The summed E-state index contributed by atoms with van der Waals surface area (Å²) in [6, 6.07) is 20.6. The number of carboxylic acid groups (broad SMARTS) is 1. The summed E-state index contributed by atoms with van der Waals surface area (Å²) >= 11 is 3.53. The highest BCUT2D eigenvalue weighted by atomic mass is 79.9. The van der Waals surface area contributed by atoms with Gasteiger partial charge in [0.15, 0.2) is 11.5 Å². The highest BCUT2D eigenvalue weighted by molar-refractivity contribution is 9.10. The Hall–Kier alpha value is -2.83. The lowest BCUT2D eigenvalue weighted by atomic mass is 10.1. The Kier molecular flexibility index (Phi) is 7.27. The lowest BCUT2D eigenvalue weighted by Gasteiger charge is -2.15. The van der Waals surface area contributed by atoms with Crippen LogP contribution in [-0.4, -0.2) is 13.1 Å². The summed E-state index contributed by atoms with van der Waals surface area (Å²) < 4.78 is 12.6. The quantitative estimate of drug-likeness (QED) is 0.538. The molecular weight excluding hydrogens is 434 g/mol. The van der Waals surface area contributed by atoms with Gasteiger partial charge >= 0.3 is 0 Å². The Bertz CT molecular complexity index is 959. The minimum Gasteiger partial charge on any atom is -0.545 e. The molecule has 2 N–H and O–H groups in total. The Labute approximate surface area is 178 Å². The molecule has 0 amide bonds. The van der Waals surface area contributed by atoms with E-state index in [2.05, 4.69) is 21.2 Å². The molecule has 0 unspecified atom stereocenters. The number of ether oxygens (including phenoxy) is 2. The lowest BCUT2D eigenvalue weighted by Crippen LogP contribution is -2.80. The van der Waals surface area contributed by atoms with Crippen molar-refractivity contribution in [2.75, 3.05) is 7.11 Å². The van der Waals surface area contributed by atoms with Crippen molar-refractivity contribution in [3.8, 4) is 11.5 Å². The monoisotopic (exact) mass is 455 g/mol. The van der Waals surface area contributed by atoms with Crippen LogP contribution in [0.3, 0.4) is 0 Å². The third-order valence-corrected chi connectivity index (χ3v) is 4.93. The Morgan fingerprint density at radius 2 is 1.72 bits per heavy atom. The van der Waals surface area contributed by atoms with Crippen molar-refractivity contribution < 1.29 is 24.7 Å². The largest absolute Gasteiger partial charge is 0.545 e. The molecule has 0 aliphatic carbocycles. The van der Waals surface area contributed by atoms with Crippen LogP contribution in [0, 0.1) is 0 Å². The van der Waals surface area contributed by atoms with Crippen molar-refractivity contribution >= 4 is 21.9 Å². The molecule has 3 rings (SSSR count). The standard InChI is InChI=1S/C23H22BrNO4/c1-28-21-12-20(24)11-19(22(21)29-15-17-5-3-2-4-6-17)14-25-13-16-7-9-18(10-8-16)23(26)27/h2-12,25H,13-15H2,1H3,(H,26,27). The fourth-order valence-electron chi connectivity index (χ4n) is 2.99. The SMILES string of the molecule is COc1cc(Br)cc(C[NH2+]Cc2ccc(C(=O)[O-])cc2)c1OCc1ccccc1. The van der Waals surface area contributed by atoms with Gasteiger partial charge in [-0.05, 0) is 23.3 Å². The molecule has 0 saturated carbocycles. The van der Waals surface area contributed by atoms with Gasteiger partial charge in [0.1, 0.15) is 19.7 Å². The van der Waals surface area contributed by atoms with Gasteiger partial charge in [-0.1, -0.05) is 70.5 Å². The average Bonchev–Trinajstić information content (AvgIpc) is 2.73. The van der Waals surface area contributed by atoms with Gasteiger partial charge in [0.2, 0.25) is 0 Å². The van der Waals surface area contributed by atoms with E-state index in [1.807, 2.05) is 42.5 Å². The minimum absolute atomic E-state index is 0.182. The topological polar surface area (TPSA) is 75.2 Å². The number of rotatable bonds is 9. The summed E-state index contributed by atoms with van der Waals surface area (Å²) in [5, 5.41) is 13.0. The first kappa shape index (κ1) is 20.9. The van der Waals surface area contributed by atoms with Gasteiger partial charge in [0.05, 0.1) is 18.6 Å². The number of aromatic carboxylic acids is 1. The summed E-state index contributed by atoms with van der Waals surface area (Å²) in [6.07, 6.45) is 0. The molecule has 150 valence electrons. The normalized spacial score (nSPS) is 10.6. The molecule has 3 aromatic carbocycles. The third kappa shape index (κ3) is 5.82. The zero-order chi connectivity index (χ0) is 20.6. The second kappa shape index (κ2) is 10.1. The van der Waals surface area contributed by atoms with Crippen LogP contribution in [0.15, 0.2) is 71.2 Å². The maximum atomic E-state index is 10.9. The molecule has 0 aliphatic rings. The Morgan fingerprint density at radius 1 is 1.00 bits per heavy atom. The van der Waals surface area contributed by atoms with Crippen molar-refractivity contribution in [2.24, 2.45) is 0 Å². The lowest BCUT2D eigenvalue weighted by molar-refractivity contribution is -0.686. The van der Waals surface area contributed by atoms with E-state index in [0.29, 0.717) is 25.4 Å². The fourth-order valence-corrected chi connectivity index (χ4v) is 3.47. The zero-order valence-electron chi connectivity index (χ0n) is 16.1. The van der Waals surface area contributed by atoms with E-state index in [0.717, 1.165) is 26.9 Å². The van der Waals surface area contributed by atoms with Gasteiger partial charge in [0, 0.05) is 10.0 Å². The highest BCUT2D eigenvalue weighted by Gasteiger charge is 2.14. The second-order valence-corrected chi connectivity index (χ2v) is 7.47. The van der Waals surface area contributed by atoms with Gasteiger partial charge in [-0.3, -0.25) is 0 Å². The molecule has 0 fully saturated rings. The van der Waals surface area contributed by atoms with Gasteiger partial charge in [-0.15, -0.1) is 0 Å². The van der Waals surface area contributed by atoms with Gasteiger partial charge in [-0.25, -0.2) is 0 Å². The molecular formula is C23H22BrNO4. The predicted octanol–water partition coefficient (Wildman–Crippen LogP) is 2.66. The van der Waals surface area contributed by atoms with E-state index in [9.17, 15) is 9.90 Å². The van der Waals surface area contributed by atoms with Crippen molar-refractivity contribution in [3.63, 3.8) is 0 Å². The van der Waals surface area contributed by atoms with Gasteiger partial charge in [0.25, 0.3) is 0 Å². The second-order valence-electron chi connectivity index (χ2n) is 6.55. The van der Waals surface area contributed by atoms with Crippen molar-refractivity contribution in [2.45, 2.75) is 19.7 Å². The molecule has 0 saturated heterocycles. The summed E-state index contributed by atoms with van der Waals surface area (Å²) in [7, 11) is 1.63. The van der Waals surface area contributed by atoms with E-state index in [4.69, 9.17) is 9.47 Å². The number of halogens is 1. The minimum atomic E-state index is -1.16. The molecule has 3 aromatic rings. The summed E-state index contributed by atoms with van der Waals surface area (Å²) in [5.74, 6) is 0.238. The van der Waals surface area contributed by atoms with Crippen LogP contribution in [-0.2, 0) is 19.7 Å². The molecule has 0 bridgehead atoms. The molecule has 5 nitrogen and oxygen atoms in total. The Balaban J connectivity index is 1.70. The van der Waals surface area contributed by atoms with Crippen LogP contribution in [0.1, 0.15) is 27.0 Å². The van der Waals surface area contributed by atoms with Crippen LogP contribution in [0.5, 0.6) is 11.5 Å². The summed E-state index contributed by atoms with van der Waals surface area (Å²) in [5.41, 5.74) is 3.31. The van der Waals surface area contributed by atoms with Crippen molar-refractivity contribution in [1.82, 2.24) is 0 Å². The van der Waals surface area contributed by atoms with E-state index in [1.165, 1.54) is 0 Å². The number of hydrogen-bond acceptors (Lipinski definition) is 4. The maximum absolute atomic E-state index is 10.9. The summed E-state index contributed by atoms with van der Waals surface area (Å²) in [6.45, 7) is 1.85. The van der Waals surface area contributed by atoms with E-state index >= 15 is 0 Å². The molecule has 29 heavy (non-hydrogen) atoms. The van der Waals surface area contributed by atoms with Crippen LogP contribution in [0.25, 0.3) is 0 Å². The number of hydrogen-bond donors (Lipinski definition) is 1.